The summed E-state index contributed by atoms with van der Waals surface area (Å²) in [6.45, 7) is 3.29. The molecule has 0 fully saturated rings. The molecule has 8 heteroatoms. The summed E-state index contributed by atoms with van der Waals surface area (Å²) in [5.74, 6) is 0.455. The quantitative estimate of drug-likeness (QED) is 0.134. The van der Waals surface area contributed by atoms with Crippen LogP contribution in [0.15, 0.2) is 24.3 Å². The van der Waals surface area contributed by atoms with E-state index in [0.717, 1.165) is 19.3 Å². The minimum atomic E-state index is -3.78. The normalized spacial score (nSPS) is 14.3. The summed E-state index contributed by atoms with van der Waals surface area (Å²) in [7, 11) is -2.27. The lowest BCUT2D eigenvalue weighted by Gasteiger charge is -2.32. The highest BCUT2D eigenvalue weighted by molar-refractivity contribution is 7.86. The SMILES string of the molecule is CCCCCCCCCCCCS(=O)(=O)OCC(O)(CC(C)(Cl)Cl)c1cccc(OC)c1. The van der Waals surface area contributed by atoms with E-state index in [1.807, 2.05) is 0 Å². The van der Waals surface area contributed by atoms with Crippen molar-refractivity contribution in [1.82, 2.24) is 0 Å². The van der Waals surface area contributed by atoms with Crippen molar-refractivity contribution in [3.05, 3.63) is 29.8 Å². The van der Waals surface area contributed by atoms with Crippen LogP contribution in [-0.4, -0.2) is 37.3 Å². The number of ether oxygens (including phenoxy) is 1. The number of unbranched alkanes of at least 4 members (excludes halogenated alkanes) is 9. The monoisotopic (exact) mass is 510 g/mol. The Bertz CT molecular complexity index is 749. The Labute approximate surface area is 204 Å². The number of halogens is 2. The first kappa shape index (κ1) is 29.5. The summed E-state index contributed by atoms with van der Waals surface area (Å²) < 4.78 is 34.0. The summed E-state index contributed by atoms with van der Waals surface area (Å²) in [5, 5.41) is 11.2. The van der Waals surface area contributed by atoms with Gasteiger partial charge in [-0.15, -0.1) is 23.2 Å². The van der Waals surface area contributed by atoms with Gasteiger partial charge in [0.1, 0.15) is 15.7 Å². The van der Waals surface area contributed by atoms with Crippen molar-refractivity contribution in [3.63, 3.8) is 0 Å². The molecule has 0 saturated heterocycles. The number of alkyl halides is 2. The maximum absolute atomic E-state index is 12.4. The molecular weight excluding hydrogens is 471 g/mol. The fourth-order valence-corrected chi connectivity index (χ4v) is 5.17. The van der Waals surface area contributed by atoms with Crippen molar-refractivity contribution in [2.45, 2.75) is 94.4 Å². The van der Waals surface area contributed by atoms with Crippen LogP contribution >= 0.6 is 23.2 Å². The van der Waals surface area contributed by atoms with Crippen LogP contribution in [0.4, 0.5) is 0 Å². The van der Waals surface area contributed by atoms with E-state index in [4.69, 9.17) is 32.1 Å². The summed E-state index contributed by atoms with van der Waals surface area (Å²) in [4.78, 5) is 0. The molecule has 0 aromatic heterocycles. The Kier molecular flexibility index (Phi) is 13.5. The molecule has 186 valence electrons. The third-order valence-corrected chi connectivity index (χ3v) is 6.97. The van der Waals surface area contributed by atoms with Gasteiger partial charge in [0.25, 0.3) is 10.1 Å². The molecule has 0 amide bonds. The highest BCUT2D eigenvalue weighted by Gasteiger charge is 2.38. The summed E-state index contributed by atoms with van der Waals surface area (Å²) in [6.07, 6.45) is 11.0. The highest BCUT2D eigenvalue weighted by Crippen LogP contribution is 2.38. The van der Waals surface area contributed by atoms with E-state index in [2.05, 4.69) is 6.92 Å². The van der Waals surface area contributed by atoms with Crippen molar-refractivity contribution in [2.24, 2.45) is 0 Å². The van der Waals surface area contributed by atoms with E-state index < -0.39 is 26.7 Å². The zero-order chi connectivity index (χ0) is 24.1. The van der Waals surface area contributed by atoms with Crippen LogP contribution in [0.25, 0.3) is 0 Å². The molecule has 1 aromatic carbocycles. The number of hydrogen-bond donors (Lipinski definition) is 1. The van der Waals surface area contributed by atoms with Gasteiger partial charge in [-0.2, -0.15) is 8.42 Å². The van der Waals surface area contributed by atoms with Crippen molar-refractivity contribution in [1.29, 1.82) is 0 Å². The van der Waals surface area contributed by atoms with Gasteiger partial charge in [0, 0.05) is 6.42 Å². The third kappa shape index (κ3) is 12.6. The van der Waals surface area contributed by atoms with Gasteiger partial charge in [-0.25, -0.2) is 0 Å². The minimum absolute atomic E-state index is 0.0727. The van der Waals surface area contributed by atoms with E-state index in [1.54, 1.807) is 31.2 Å². The van der Waals surface area contributed by atoms with Crippen molar-refractivity contribution < 1.29 is 22.4 Å². The summed E-state index contributed by atoms with van der Waals surface area (Å²) >= 11 is 12.3. The summed E-state index contributed by atoms with van der Waals surface area (Å²) in [6, 6.07) is 6.72. The third-order valence-electron chi connectivity index (χ3n) is 5.44. The maximum atomic E-state index is 12.4. The van der Waals surface area contributed by atoms with Crippen LogP contribution in [0.1, 0.15) is 90.0 Å². The zero-order valence-corrected chi connectivity index (χ0v) is 22.1. The fourth-order valence-electron chi connectivity index (χ4n) is 3.67. The van der Waals surface area contributed by atoms with Crippen LogP contribution in [0, 0.1) is 0 Å². The second-order valence-corrected chi connectivity index (χ2v) is 12.3. The van der Waals surface area contributed by atoms with Crippen LogP contribution < -0.4 is 4.74 Å². The molecule has 0 bridgehead atoms. The van der Waals surface area contributed by atoms with Gasteiger partial charge in [-0.3, -0.25) is 4.18 Å². The van der Waals surface area contributed by atoms with Crippen molar-refractivity contribution >= 4 is 33.3 Å². The number of hydrogen-bond acceptors (Lipinski definition) is 5. The van der Waals surface area contributed by atoms with Gasteiger partial charge in [0.15, 0.2) is 0 Å². The van der Waals surface area contributed by atoms with E-state index in [1.165, 1.54) is 45.6 Å². The van der Waals surface area contributed by atoms with E-state index in [9.17, 15) is 13.5 Å². The van der Waals surface area contributed by atoms with Crippen molar-refractivity contribution in [3.8, 4) is 5.75 Å². The number of rotatable bonds is 18. The number of aliphatic hydroxyl groups is 1. The largest absolute Gasteiger partial charge is 0.497 e. The Morgan fingerprint density at radius 3 is 2.06 bits per heavy atom. The lowest BCUT2D eigenvalue weighted by molar-refractivity contribution is -0.0175. The van der Waals surface area contributed by atoms with E-state index in [0.29, 0.717) is 17.7 Å². The second-order valence-electron chi connectivity index (χ2n) is 8.72. The standard InChI is InChI=1S/C24H40Cl2O5S/c1-4-5-6-7-8-9-10-11-12-13-17-32(28,29)31-20-24(27,19-23(2,25)26)21-15-14-16-22(18-21)30-3/h14-16,18,27H,4-13,17,19-20H2,1-3H3. The predicted octanol–water partition coefficient (Wildman–Crippen LogP) is 6.73. The lowest BCUT2D eigenvalue weighted by atomic mass is 9.89. The van der Waals surface area contributed by atoms with Gasteiger partial charge in [-0.1, -0.05) is 76.8 Å². The Balaban J connectivity index is 2.52. The van der Waals surface area contributed by atoms with Crippen LogP contribution in [0.3, 0.4) is 0 Å². The maximum Gasteiger partial charge on any atom is 0.267 e. The van der Waals surface area contributed by atoms with Gasteiger partial charge in [-0.05, 0) is 31.0 Å². The molecule has 0 spiro atoms. The molecule has 0 heterocycles. The smallest absolute Gasteiger partial charge is 0.267 e. The molecule has 1 N–H and O–H groups in total. The fraction of sp³-hybridized carbons (Fsp3) is 0.750. The Morgan fingerprint density at radius 1 is 0.969 bits per heavy atom. The van der Waals surface area contributed by atoms with Gasteiger partial charge >= 0.3 is 0 Å². The molecule has 1 aromatic rings. The second kappa shape index (κ2) is 14.7. The number of benzene rings is 1. The van der Waals surface area contributed by atoms with Gasteiger partial charge < -0.3 is 9.84 Å². The molecule has 0 aliphatic heterocycles. The van der Waals surface area contributed by atoms with Crippen molar-refractivity contribution in [2.75, 3.05) is 19.5 Å². The molecule has 0 aliphatic carbocycles. The average Bonchev–Trinajstić information content (AvgIpc) is 2.72. The molecule has 1 atom stereocenters. The molecule has 0 saturated carbocycles. The molecule has 0 radical (unpaired) electrons. The molecule has 1 rings (SSSR count). The molecular formula is C24H40Cl2O5S. The highest BCUT2D eigenvalue weighted by atomic mass is 35.5. The zero-order valence-electron chi connectivity index (χ0n) is 19.7. The minimum Gasteiger partial charge on any atom is -0.497 e. The molecule has 32 heavy (non-hydrogen) atoms. The predicted molar refractivity (Wildman–Crippen MR) is 133 cm³/mol. The molecule has 1 unspecified atom stereocenters. The summed E-state index contributed by atoms with van der Waals surface area (Å²) in [5.41, 5.74) is -1.25. The van der Waals surface area contributed by atoms with Crippen LogP contribution in [0.5, 0.6) is 5.75 Å². The van der Waals surface area contributed by atoms with Crippen LogP contribution in [-0.2, 0) is 19.9 Å². The van der Waals surface area contributed by atoms with Gasteiger partial charge in [0.2, 0.25) is 0 Å². The first-order valence-electron chi connectivity index (χ1n) is 11.6. The topological polar surface area (TPSA) is 72.8 Å². The average molecular weight is 512 g/mol. The van der Waals surface area contributed by atoms with Crippen LogP contribution in [0.2, 0.25) is 0 Å². The van der Waals surface area contributed by atoms with E-state index in [-0.39, 0.29) is 12.2 Å². The number of methoxy groups -OCH3 is 1. The van der Waals surface area contributed by atoms with E-state index >= 15 is 0 Å². The first-order valence-corrected chi connectivity index (χ1v) is 14.0. The molecule has 5 nitrogen and oxygen atoms in total. The molecule has 0 aliphatic rings. The van der Waals surface area contributed by atoms with Gasteiger partial charge in [0.05, 0.1) is 19.5 Å². The first-order chi connectivity index (χ1) is 15.0. The Hall–Kier alpha value is -0.530. The Morgan fingerprint density at radius 2 is 1.53 bits per heavy atom. The lowest BCUT2D eigenvalue weighted by Crippen LogP contribution is -2.37.